The van der Waals surface area contributed by atoms with E-state index in [1.807, 2.05) is 0 Å². The fraction of sp³-hybridized carbons (Fsp3) is 0.222. The molecule has 0 bridgehead atoms. The number of halogens is 1. The Bertz CT molecular complexity index is 535. The van der Waals surface area contributed by atoms with Crippen molar-refractivity contribution in [3.8, 4) is 0 Å². The number of aromatic amines is 1. The number of anilines is 1. The standard InChI is InChI=1S/C9H9ClN4O5/c10-6-2-1-5(14(18)19)8(13-6)12-4(9(16)17)3-7(11)15/h1-2,4H,3H2,(H2,11,15)(H,12,13)(H,16,17)/t4-/m1/s1. The first kappa shape index (κ1) is 14.6. The molecular weight excluding hydrogens is 280 g/mol. The van der Waals surface area contributed by atoms with Crippen LogP contribution in [0.5, 0.6) is 0 Å². The van der Waals surface area contributed by atoms with Gasteiger partial charge in [-0.3, -0.25) is 20.2 Å². The quantitative estimate of drug-likeness (QED) is 0.368. The Labute approximate surface area is 111 Å². The van der Waals surface area contributed by atoms with Gasteiger partial charge in [-0.1, -0.05) is 0 Å². The Morgan fingerprint density at radius 2 is 2.16 bits per heavy atom. The highest BCUT2D eigenvalue weighted by atomic mass is 35.5. The summed E-state index contributed by atoms with van der Waals surface area (Å²) < 4.78 is 0. The number of aliphatic carboxylic acids is 1. The third-order valence-electron chi connectivity index (χ3n) is 2.09. The number of nitrogens with two attached hydrogens (primary N) is 1. The number of hydrogen-bond acceptors (Lipinski definition) is 6. The Hall–Kier alpha value is -2.42. The van der Waals surface area contributed by atoms with Crippen LogP contribution in [0, 0.1) is 10.1 Å². The highest BCUT2D eigenvalue weighted by Gasteiger charge is 2.26. The van der Waals surface area contributed by atoms with Crippen molar-refractivity contribution in [3.05, 3.63) is 27.4 Å². The lowest BCUT2D eigenvalue weighted by atomic mass is 10.2. The topological polar surface area (TPSA) is 153 Å². The monoisotopic (exact) mass is 288 g/mol. The number of aromatic nitrogens is 1. The van der Waals surface area contributed by atoms with Gasteiger partial charge in [-0.2, -0.15) is 0 Å². The average molecular weight is 289 g/mol. The summed E-state index contributed by atoms with van der Waals surface area (Å²) in [5.41, 5.74) is 4.44. The molecule has 1 aromatic heterocycles. The number of carbonyl (C=O) groups is 2. The van der Waals surface area contributed by atoms with Crippen molar-refractivity contribution in [2.24, 2.45) is 5.73 Å². The van der Waals surface area contributed by atoms with Gasteiger partial charge in [-0.25, -0.2) is 4.98 Å². The largest absolute Gasteiger partial charge is 0.546 e. The Morgan fingerprint density at radius 3 is 2.63 bits per heavy atom. The molecule has 0 aliphatic rings. The van der Waals surface area contributed by atoms with E-state index in [0.717, 1.165) is 6.07 Å². The molecule has 1 heterocycles. The number of nitrogens with zero attached hydrogens (tertiary/aromatic N) is 1. The molecule has 10 heteroatoms. The number of carbonyl (C=O) groups excluding carboxylic acids is 2. The maximum absolute atomic E-state index is 10.8. The third kappa shape index (κ3) is 4.07. The molecule has 1 aromatic rings. The van der Waals surface area contributed by atoms with Gasteiger partial charge < -0.3 is 15.6 Å². The van der Waals surface area contributed by atoms with Crippen LogP contribution in [0.2, 0.25) is 5.15 Å². The average Bonchev–Trinajstić information content (AvgIpc) is 2.26. The van der Waals surface area contributed by atoms with Crippen LogP contribution in [0.1, 0.15) is 6.42 Å². The molecule has 0 spiro atoms. The van der Waals surface area contributed by atoms with Gasteiger partial charge in [0.15, 0.2) is 5.15 Å². The third-order valence-corrected chi connectivity index (χ3v) is 2.31. The number of H-pyrrole nitrogens is 1. The zero-order valence-corrected chi connectivity index (χ0v) is 10.1. The van der Waals surface area contributed by atoms with Crippen molar-refractivity contribution in [2.45, 2.75) is 12.5 Å². The van der Waals surface area contributed by atoms with Gasteiger partial charge in [-0.15, -0.1) is 0 Å². The molecule has 0 fully saturated rings. The SMILES string of the molecule is NC(=O)C[C@@H](Nc1[nH+]c(Cl)ccc1[N+](=O)[O-])C(=O)[O-]. The van der Waals surface area contributed by atoms with Crippen molar-refractivity contribution in [1.29, 1.82) is 0 Å². The number of pyridine rings is 1. The summed E-state index contributed by atoms with van der Waals surface area (Å²) >= 11 is 5.62. The second kappa shape index (κ2) is 5.96. The molecule has 1 atom stereocenters. The van der Waals surface area contributed by atoms with Gasteiger partial charge in [0.1, 0.15) is 6.04 Å². The van der Waals surface area contributed by atoms with Gasteiger partial charge >= 0.3 is 11.5 Å². The van der Waals surface area contributed by atoms with Gasteiger partial charge in [-0.05, 0) is 11.6 Å². The first-order valence-electron chi connectivity index (χ1n) is 4.93. The van der Waals surface area contributed by atoms with Crippen LogP contribution >= 0.6 is 11.6 Å². The molecule has 1 amide bonds. The van der Waals surface area contributed by atoms with E-state index in [1.54, 1.807) is 0 Å². The summed E-state index contributed by atoms with van der Waals surface area (Å²) in [5, 5.41) is 23.9. The maximum Gasteiger partial charge on any atom is 0.357 e. The predicted molar refractivity (Wildman–Crippen MR) is 60.9 cm³/mol. The molecule has 1 rings (SSSR count). The Kier molecular flexibility index (Phi) is 4.59. The molecule has 0 saturated heterocycles. The second-order valence-electron chi connectivity index (χ2n) is 3.51. The lowest BCUT2D eigenvalue weighted by Gasteiger charge is -2.13. The van der Waals surface area contributed by atoms with E-state index in [2.05, 4.69) is 10.3 Å². The normalized spacial score (nSPS) is 11.6. The summed E-state index contributed by atoms with van der Waals surface area (Å²) in [6.07, 6.45) is -0.583. The highest BCUT2D eigenvalue weighted by molar-refractivity contribution is 6.28. The highest BCUT2D eigenvalue weighted by Crippen LogP contribution is 2.21. The van der Waals surface area contributed by atoms with E-state index >= 15 is 0 Å². The molecule has 19 heavy (non-hydrogen) atoms. The van der Waals surface area contributed by atoms with Gasteiger partial charge in [0.05, 0.1) is 17.3 Å². The van der Waals surface area contributed by atoms with Crippen molar-refractivity contribution < 1.29 is 24.6 Å². The number of nitro groups is 1. The van der Waals surface area contributed by atoms with Crippen LogP contribution in [-0.2, 0) is 9.59 Å². The molecule has 9 nitrogen and oxygen atoms in total. The lowest BCUT2D eigenvalue weighted by Crippen LogP contribution is -2.44. The fourth-order valence-electron chi connectivity index (χ4n) is 1.29. The smallest absolute Gasteiger partial charge is 0.357 e. The number of carboxylic acid groups (broad SMARTS) is 1. The van der Waals surface area contributed by atoms with E-state index in [9.17, 15) is 24.8 Å². The zero-order chi connectivity index (χ0) is 14.6. The number of hydrogen-bond donors (Lipinski definition) is 2. The first-order valence-corrected chi connectivity index (χ1v) is 5.31. The summed E-state index contributed by atoms with van der Waals surface area (Å²) in [7, 11) is 0. The minimum atomic E-state index is -1.62. The number of nitrogens with one attached hydrogen (secondary N) is 2. The van der Waals surface area contributed by atoms with Crippen LogP contribution in [0.4, 0.5) is 11.5 Å². The number of amides is 1. The van der Waals surface area contributed by atoms with Crippen LogP contribution in [0.3, 0.4) is 0 Å². The van der Waals surface area contributed by atoms with E-state index < -0.39 is 34.9 Å². The van der Waals surface area contributed by atoms with Crippen LogP contribution in [0.25, 0.3) is 0 Å². The van der Waals surface area contributed by atoms with E-state index in [1.165, 1.54) is 6.07 Å². The first-order chi connectivity index (χ1) is 8.81. The van der Waals surface area contributed by atoms with Crippen LogP contribution in [-0.4, -0.2) is 22.8 Å². The molecular formula is C9H9ClN4O5. The van der Waals surface area contributed by atoms with Gasteiger partial charge in [0.2, 0.25) is 5.91 Å². The minimum Gasteiger partial charge on any atom is -0.546 e. The maximum atomic E-state index is 10.8. The summed E-state index contributed by atoms with van der Waals surface area (Å²) in [6.45, 7) is 0. The Morgan fingerprint density at radius 1 is 1.53 bits per heavy atom. The lowest BCUT2D eigenvalue weighted by molar-refractivity contribution is -0.409. The number of rotatable bonds is 6. The van der Waals surface area contributed by atoms with Crippen molar-refractivity contribution in [3.63, 3.8) is 0 Å². The van der Waals surface area contributed by atoms with Crippen LogP contribution in [0.15, 0.2) is 12.1 Å². The minimum absolute atomic E-state index is 0.0456. The van der Waals surface area contributed by atoms with E-state index in [0.29, 0.717) is 0 Å². The van der Waals surface area contributed by atoms with Crippen molar-refractivity contribution in [2.75, 3.05) is 5.32 Å². The predicted octanol–water partition coefficient (Wildman–Crippen LogP) is -1.53. The molecule has 0 aliphatic heterocycles. The van der Waals surface area contributed by atoms with Crippen LogP contribution < -0.4 is 21.1 Å². The van der Waals surface area contributed by atoms with Crippen molar-refractivity contribution in [1.82, 2.24) is 0 Å². The fourth-order valence-corrected chi connectivity index (χ4v) is 1.45. The summed E-state index contributed by atoms with van der Waals surface area (Å²) in [6, 6.07) is 0.802. The van der Waals surface area contributed by atoms with Crippen molar-refractivity contribution >= 4 is 35.0 Å². The van der Waals surface area contributed by atoms with E-state index in [-0.39, 0.29) is 11.0 Å². The molecule has 4 N–H and O–H groups in total. The molecule has 0 radical (unpaired) electrons. The zero-order valence-electron chi connectivity index (χ0n) is 9.38. The molecule has 0 aromatic carbocycles. The van der Waals surface area contributed by atoms with E-state index in [4.69, 9.17) is 17.3 Å². The molecule has 0 saturated carbocycles. The summed E-state index contributed by atoms with van der Waals surface area (Å²) in [5.74, 6) is -2.78. The second-order valence-corrected chi connectivity index (χ2v) is 3.92. The molecule has 102 valence electrons. The van der Waals surface area contributed by atoms with Gasteiger partial charge in [0, 0.05) is 12.1 Å². The summed E-state index contributed by atoms with van der Waals surface area (Å²) in [4.78, 5) is 33.9. The van der Waals surface area contributed by atoms with Gasteiger partial charge in [0.25, 0.3) is 0 Å². The Balaban J connectivity index is 3.07. The molecule has 0 aliphatic carbocycles. The number of primary amides is 1. The number of carboxylic acids is 1. The molecule has 0 unspecified atom stereocenters.